The van der Waals surface area contributed by atoms with E-state index in [1.807, 2.05) is 41.9 Å². The summed E-state index contributed by atoms with van der Waals surface area (Å²) in [7, 11) is -4.49. The maximum absolute atomic E-state index is 12.5. The molecule has 0 bridgehead atoms. The van der Waals surface area contributed by atoms with Crippen molar-refractivity contribution in [2.45, 2.75) is 102 Å². The highest BCUT2D eigenvalue weighted by Gasteiger charge is 2.45. The smallest absolute Gasteiger partial charge is 0.493 e. The normalized spacial score (nSPS) is 18.3. The fourth-order valence-electron chi connectivity index (χ4n) is 7.26. The maximum atomic E-state index is 12.5. The van der Waals surface area contributed by atoms with Crippen LogP contribution in [0.3, 0.4) is 0 Å². The summed E-state index contributed by atoms with van der Waals surface area (Å²) in [5, 5.41) is 14.7. The molecule has 0 saturated carbocycles. The number of hydrogen-bond donors (Lipinski definition) is 2. The van der Waals surface area contributed by atoms with Gasteiger partial charge in [-0.25, -0.2) is 9.52 Å². The van der Waals surface area contributed by atoms with Gasteiger partial charge in [0.2, 0.25) is 0 Å². The molecule has 2 aromatic carbocycles. The van der Waals surface area contributed by atoms with Crippen molar-refractivity contribution in [3.8, 4) is 11.5 Å². The topological polar surface area (TPSA) is 226 Å². The van der Waals surface area contributed by atoms with Crippen LogP contribution in [0.2, 0.25) is 0 Å². The molecular formula is C43H56Br2N6O12S2. The molecule has 1 aromatic heterocycles. The van der Waals surface area contributed by atoms with Gasteiger partial charge >= 0.3 is 26.5 Å². The molecule has 2 spiro atoms. The van der Waals surface area contributed by atoms with Gasteiger partial charge in [-0.15, -0.1) is 8.42 Å². The summed E-state index contributed by atoms with van der Waals surface area (Å²) in [6, 6.07) is 14.1. The molecule has 18 nitrogen and oxygen atoms in total. The van der Waals surface area contributed by atoms with E-state index in [9.17, 15) is 36.3 Å². The molecule has 0 unspecified atom stereocenters. The number of benzene rings is 2. The average molecular weight is 1070 g/mol. The Morgan fingerprint density at radius 3 is 1.71 bits per heavy atom. The van der Waals surface area contributed by atoms with Crippen molar-refractivity contribution in [1.82, 2.24) is 14.3 Å². The van der Waals surface area contributed by atoms with Crippen LogP contribution < -0.4 is 33.5 Å². The number of ketones is 2. The number of pyridine rings is 1. The van der Waals surface area contributed by atoms with Crippen LogP contribution in [0.1, 0.15) is 101 Å². The van der Waals surface area contributed by atoms with Crippen molar-refractivity contribution in [2.24, 2.45) is 4.40 Å². The molecule has 0 atom stereocenters. The number of Topliss-reactive ketones (excluding diaryl/α,β-unsaturated/α-hetero) is 2. The first-order chi connectivity index (χ1) is 30.1. The van der Waals surface area contributed by atoms with Crippen LogP contribution in [0.15, 0.2) is 74.3 Å². The molecule has 22 heteroatoms. The van der Waals surface area contributed by atoms with Crippen molar-refractivity contribution in [1.29, 1.82) is 0 Å². The highest BCUT2D eigenvalue weighted by atomic mass is 79.9. The maximum Gasteiger partial charge on any atom is 0.493 e. The summed E-state index contributed by atoms with van der Waals surface area (Å²) >= 11 is 6.79. The Labute approximate surface area is 397 Å². The summed E-state index contributed by atoms with van der Waals surface area (Å²) in [5.41, 5.74) is -0.514. The van der Waals surface area contributed by atoms with Crippen LogP contribution >= 0.6 is 31.9 Å². The lowest BCUT2D eigenvalue weighted by Crippen LogP contribution is -2.55. The van der Waals surface area contributed by atoms with E-state index in [2.05, 4.69) is 41.6 Å². The second-order valence-corrected chi connectivity index (χ2v) is 23.1. The minimum Gasteiger partial charge on any atom is -0.594 e. The number of fused-ring (bicyclic) bond motifs is 2. The molecule has 2 N–H and O–H groups in total. The zero-order valence-corrected chi connectivity index (χ0v) is 42.4. The fraction of sp³-hybridized carbons (Fsp3) is 0.512. The van der Waals surface area contributed by atoms with E-state index in [1.165, 1.54) is 16.7 Å². The first-order valence-corrected chi connectivity index (χ1v) is 25.2. The molecule has 3 aromatic rings. The number of anilines is 1. The van der Waals surface area contributed by atoms with E-state index in [0.29, 0.717) is 30.6 Å². The van der Waals surface area contributed by atoms with Crippen molar-refractivity contribution in [3.05, 3.63) is 81.0 Å². The van der Waals surface area contributed by atoms with E-state index in [4.69, 9.17) is 18.9 Å². The molecule has 4 aliphatic rings. The van der Waals surface area contributed by atoms with Crippen molar-refractivity contribution in [2.75, 3.05) is 45.2 Å². The van der Waals surface area contributed by atoms with Crippen LogP contribution in [0.4, 0.5) is 10.5 Å². The van der Waals surface area contributed by atoms with Crippen LogP contribution in [0, 0.1) is 0 Å². The number of halogens is 2. The number of rotatable bonds is 5. The van der Waals surface area contributed by atoms with Crippen LogP contribution in [-0.2, 0) is 29.9 Å². The minimum atomic E-state index is -4.13. The number of piperidine rings is 2. The van der Waals surface area contributed by atoms with Gasteiger partial charge in [0.15, 0.2) is 30.0 Å². The number of ether oxygens (including phenoxy) is 4. The molecule has 2 fully saturated rings. The quantitative estimate of drug-likeness (QED) is 0.190. The Hall–Kier alpha value is -4.35. The van der Waals surface area contributed by atoms with Gasteiger partial charge in [-0.3, -0.25) is 9.59 Å². The zero-order valence-electron chi connectivity index (χ0n) is 37.6. The van der Waals surface area contributed by atoms with Gasteiger partial charge in [-0.05, 0) is 70.3 Å². The van der Waals surface area contributed by atoms with Gasteiger partial charge < -0.3 is 34.3 Å². The Morgan fingerprint density at radius 1 is 0.800 bits per heavy atom. The molecular weight excluding hydrogens is 1020 g/mol. The lowest BCUT2D eigenvalue weighted by molar-refractivity contribution is -0.511. The van der Waals surface area contributed by atoms with Crippen molar-refractivity contribution in [3.63, 3.8) is 0 Å². The highest BCUT2D eigenvalue weighted by Crippen LogP contribution is 2.41. The van der Waals surface area contributed by atoms with Gasteiger partial charge in [0.05, 0.1) is 24.0 Å². The van der Waals surface area contributed by atoms with Crippen molar-refractivity contribution < 1.29 is 59.2 Å². The summed E-state index contributed by atoms with van der Waals surface area (Å²) < 4.78 is 79.6. The lowest BCUT2D eigenvalue weighted by atomic mass is 9.83. The molecule has 356 valence electrons. The van der Waals surface area contributed by atoms with E-state index in [1.54, 1.807) is 71.9 Å². The second kappa shape index (κ2) is 20.3. The number of aromatic nitrogens is 1. The van der Waals surface area contributed by atoms with Crippen molar-refractivity contribution >= 4 is 81.7 Å². The predicted octanol–water partition coefficient (Wildman–Crippen LogP) is 5.22. The van der Waals surface area contributed by atoms with E-state index in [-0.39, 0.29) is 36.7 Å². The number of amides is 1. The molecule has 2 saturated heterocycles. The molecule has 0 aliphatic carbocycles. The third kappa shape index (κ3) is 14.3. The molecule has 1 amide bonds. The van der Waals surface area contributed by atoms with E-state index in [0.717, 1.165) is 55.8 Å². The SMILES string of the molecule is CC(C)(C)OC(=O)NS(=O)(=O)N1CCC2(CC1)CC(=O)c1ccc(Br)cc1O2.CN(C)c1cc[n+](S(=O)(=O)N=C([O-])OC(C)(C)C)cc1.O=C1CC2(CCNCC2)Oc2cc(Br)ccc21. The summed E-state index contributed by atoms with van der Waals surface area (Å²) in [6.07, 6.45) is 3.71. The lowest BCUT2D eigenvalue weighted by Gasteiger charge is -2.43. The first-order valence-electron chi connectivity index (χ1n) is 20.7. The van der Waals surface area contributed by atoms with Crippen LogP contribution in [0.5, 0.6) is 11.5 Å². The molecule has 5 heterocycles. The van der Waals surface area contributed by atoms with Gasteiger partial charge in [-0.1, -0.05) is 61.0 Å². The number of carbonyl (C=O) groups is 3. The number of hydrogen-bond acceptors (Lipinski definition) is 14. The van der Waals surface area contributed by atoms with Gasteiger partial charge in [0, 0.05) is 85.2 Å². The predicted molar refractivity (Wildman–Crippen MR) is 248 cm³/mol. The molecule has 65 heavy (non-hydrogen) atoms. The van der Waals surface area contributed by atoms with Gasteiger partial charge in [0.25, 0.3) is 0 Å². The Kier molecular flexibility index (Phi) is 16.1. The summed E-state index contributed by atoms with van der Waals surface area (Å²) in [4.78, 5) is 38.3. The Bertz CT molecular complexity index is 2490. The van der Waals surface area contributed by atoms with Crippen LogP contribution in [-0.4, -0.2) is 108 Å². The third-order valence-electron chi connectivity index (χ3n) is 10.4. The standard InChI is InChI=1S/C18H23BrN2O6S.C13H14BrNO2.C12H19N3O4S/c1-17(2,3)27-16(23)20-28(24,25)21-8-6-18(7-9-21)11-14(22)13-5-4-12(19)10-15(13)26-18;14-9-1-2-10-11(16)8-13(17-12(10)7-9)3-5-15-6-4-13;1-12(2,3)19-11(16)13-20(17,18)15-8-6-10(7-9-15)14(4)5/h4-5,10H,6-9,11H2,1-3H3,(H,20,23);1-2,7,15H,3-6,8H2;6-9H,1-5H3. The van der Waals surface area contributed by atoms with Gasteiger partial charge in [0.1, 0.15) is 28.3 Å². The first kappa shape index (κ1) is 51.6. The highest BCUT2D eigenvalue weighted by molar-refractivity contribution is 9.10. The third-order valence-corrected chi connectivity index (χ3v) is 14.0. The Morgan fingerprint density at radius 2 is 1.26 bits per heavy atom. The molecule has 4 aliphatic heterocycles. The monoisotopic (exact) mass is 1070 g/mol. The summed E-state index contributed by atoms with van der Waals surface area (Å²) in [5.74, 6) is 1.43. The summed E-state index contributed by atoms with van der Waals surface area (Å²) in [6.45, 7) is 12.0. The number of nitrogens with one attached hydrogen (secondary N) is 2. The van der Waals surface area contributed by atoms with E-state index >= 15 is 0 Å². The zero-order chi connectivity index (χ0) is 48.2. The number of nitrogens with zero attached hydrogens (tertiary/aromatic N) is 4. The Balaban J connectivity index is 0.000000190. The average Bonchev–Trinajstić information content (AvgIpc) is 3.16. The van der Waals surface area contributed by atoms with E-state index < -0.39 is 49.4 Å². The molecule has 7 rings (SSSR count). The van der Waals surface area contributed by atoms with Gasteiger partial charge in [-0.2, -0.15) is 12.7 Å². The number of carbonyl (C=O) groups excluding carboxylic acids is 3. The fourth-order valence-corrected chi connectivity index (χ4v) is 9.73. The van der Waals surface area contributed by atoms with Crippen LogP contribution in [0.25, 0.3) is 0 Å². The minimum absolute atomic E-state index is 0.0167. The largest absolute Gasteiger partial charge is 0.594 e. The molecule has 0 radical (unpaired) electrons. The second-order valence-electron chi connectivity index (χ2n) is 18.1.